The maximum Gasteiger partial charge on any atom is 0.226 e. The van der Waals surface area contributed by atoms with Crippen molar-refractivity contribution >= 4 is 22.8 Å². The third-order valence-electron chi connectivity index (χ3n) is 5.25. The van der Waals surface area contributed by atoms with E-state index in [1.165, 1.54) is 0 Å². The molecule has 4 rings (SSSR count). The van der Waals surface area contributed by atoms with Crippen molar-refractivity contribution in [2.75, 3.05) is 19.6 Å². The van der Waals surface area contributed by atoms with E-state index in [2.05, 4.69) is 18.8 Å². The number of aromatic nitrogens is 2. The molecule has 26 heavy (non-hydrogen) atoms. The number of para-hydroxylation sites is 2. The predicted molar refractivity (Wildman–Crippen MR) is 99.3 cm³/mol. The van der Waals surface area contributed by atoms with Gasteiger partial charge in [0, 0.05) is 32.0 Å². The van der Waals surface area contributed by atoms with Crippen LogP contribution >= 0.6 is 0 Å². The molecule has 1 saturated carbocycles. The summed E-state index contributed by atoms with van der Waals surface area (Å²) < 4.78 is 0. The number of piperazine rings is 1. The van der Waals surface area contributed by atoms with Gasteiger partial charge in [0.1, 0.15) is 11.9 Å². The largest absolute Gasteiger partial charge is 0.340 e. The highest BCUT2D eigenvalue weighted by Crippen LogP contribution is 2.35. The molecule has 138 valence electrons. The molecule has 0 radical (unpaired) electrons. The van der Waals surface area contributed by atoms with E-state index in [-0.39, 0.29) is 23.8 Å². The fourth-order valence-electron chi connectivity index (χ4n) is 3.68. The van der Waals surface area contributed by atoms with Crippen molar-refractivity contribution in [2.24, 2.45) is 11.8 Å². The minimum absolute atomic E-state index is 0.166. The van der Waals surface area contributed by atoms with Crippen molar-refractivity contribution in [3.63, 3.8) is 0 Å². The van der Waals surface area contributed by atoms with Gasteiger partial charge >= 0.3 is 0 Å². The molecule has 1 aromatic carbocycles. The van der Waals surface area contributed by atoms with Crippen LogP contribution in [0.2, 0.25) is 0 Å². The van der Waals surface area contributed by atoms with Crippen molar-refractivity contribution in [1.29, 1.82) is 0 Å². The highest BCUT2D eigenvalue weighted by atomic mass is 16.2. The molecule has 1 unspecified atom stereocenters. The van der Waals surface area contributed by atoms with Gasteiger partial charge in [0.2, 0.25) is 11.8 Å². The van der Waals surface area contributed by atoms with E-state index in [1.807, 2.05) is 34.1 Å². The van der Waals surface area contributed by atoms with Gasteiger partial charge in [0.15, 0.2) is 0 Å². The van der Waals surface area contributed by atoms with E-state index >= 15 is 0 Å². The van der Waals surface area contributed by atoms with E-state index in [4.69, 9.17) is 4.98 Å². The first kappa shape index (κ1) is 17.1. The SMILES string of the molecule is CC(C)CC(=O)N1CCN(C(=O)C2CC2)C(c2nc3ccccc3[nH]2)C1. The van der Waals surface area contributed by atoms with Crippen LogP contribution in [0.4, 0.5) is 0 Å². The lowest BCUT2D eigenvalue weighted by molar-refractivity contribution is -0.144. The normalized spacial score (nSPS) is 20.8. The van der Waals surface area contributed by atoms with Crippen LogP contribution in [0.5, 0.6) is 0 Å². The molecule has 1 atom stereocenters. The number of fused-ring (bicyclic) bond motifs is 1. The van der Waals surface area contributed by atoms with Crippen LogP contribution in [0.25, 0.3) is 11.0 Å². The summed E-state index contributed by atoms with van der Waals surface area (Å²) in [5.41, 5.74) is 1.86. The Morgan fingerprint density at radius 2 is 2.00 bits per heavy atom. The summed E-state index contributed by atoms with van der Waals surface area (Å²) in [5.74, 6) is 1.66. The van der Waals surface area contributed by atoms with Gasteiger partial charge in [-0.1, -0.05) is 26.0 Å². The summed E-state index contributed by atoms with van der Waals surface area (Å²) in [7, 11) is 0. The van der Waals surface area contributed by atoms with Gasteiger partial charge < -0.3 is 14.8 Å². The van der Waals surface area contributed by atoms with Crippen molar-refractivity contribution in [1.82, 2.24) is 19.8 Å². The molecule has 1 aromatic heterocycles. The number of rotatable bonds is 4. The number of H-pyrrole nitrogens is 1. The Labute approximate surface area is 153 Å². The number of carbonyl (C=O) groups excluding carboxylic acids is 2. The fraction of sp³-hybridized carbons (Fsp3) is 0.550. The number of nitrogens with zero attached hydrogens (tertiary/aromatic N) is 3. The average molecular weight is 354 g/mol. The molecule has 2 heterocycles. The topological polar surface area (TPSA) is 69.3 Å². The molecule has 1 N–H and O–H groups in total. The molecule has 0 bridgehead atoms. The van der Waals surface area contributed by atoms with Crippen molar-refractivity contribution in [2.45, 2.75) is 39.2 Å². The number of hydrogen-bond donors (Lipinski definition) is 1. The number of nitrogens with one attached hydrogen (secondary N) is 1. The second-order valence-corrected chi connectivity index (χ2v) is 7.90. The zero-order chi connectivity index (χ0) is 18.3. The second kappa shape index (κ2) is 6.74. The number of benzene rings is 1. The molecule has 2 fully saturated rings. The maximum atomic E-state index is 12.8. The molecule has 1 aliphatic heterocycles. The Balaban J connectivity index is 1.62. The van der Waals surface area contributed by atoms with Gasteiger partial charge in [-0.05, 0) is 30.9 Å². The average Bonchev–Trinajstić information content (AvgIpc) is 3.38. The number of amides is 2. The highest BCUT2D eigenvalue weighted by Gasteiger charge is 2.41. The third-order valence-corrected chi connectivity index (χ3v) is 5.25. The maximum absolute atomic E-state index is 12.8. The molecular weight excluding hydrogens is 328 g/mol. The molecule has 1 aliphatic carbocycles. The molecule has 1 saturated heterocycles. The van der Waals surface area contributed by atoms with Crippen LogP contribution in [0.1, 0.15) is 45.0 Å². The Morgan fingerprint density at radius 1 is 1.23 bits per heavy atom. The quantitative estimate of drug-likeness (QED) is 0.918. The zero-order valence-corrected chi connectivity index (χ0v) is 15.4. The van der Waals surface area contributed by atoms with Crippen molar-refractivity contribution in [3.05, 3.63) is 30.1 Å². The number of hydrogen-bond acceptors (Lipinski definition) is 3. The lowest BCUT2D eigenvalue weighted by Crippen LogP contribution is -2.53. The van der Waals surface area contributed by atoms with E-state index < -0.39 is 0 Å². The van der Waals surface area contributed by atoms with Gasteiger partial charge in [-0.15, -0.1) is 0 Å². The fourth-order valence-corrected chi connectivity index (χ4v) is 3.68. The summed E-state index contributed by atoms with van der Waals surface area (Å²) in [6.07, 6.45) is 2.51. The van der Waals surface area contributed by atoms with Gasteiger partial charge in [-0.3, -0.25) is 9.59 Å². The summed E-state index contributed by atoms with van der Waals surface area (Å²) in [6.45, 7) is 5.83. The molecule has 2 aliphatic rings. The Morgan fingerprint density at radius 3 is 2.69 bits per heavy atom. The van der Waals surface area contributed by atoms with Gasteiger partial charge in [0.25, 0.3) is 0 Å². The third kappa shape index (κ3) is 3.32. The zero-order valence-electron chi connectivity index (χ0n) is 15.4. The van der Waals surface area contributed by atoms with Crippen LogP contribution < -0.4 is 0 Å². The predicted octanol–water partition coefficient (Wildman–Crippen LogP) is 2.73. The molecular formula is C20H26N4O2. The van der Waals surface area contributed by atoms with Crippen LogP contribution in [0, 0.1) is 11.8 Å². The van der Waals surface area contributed by atoms with Gasteiger partial charge in [0.05, 0.1) is 11.0 Å². The Hall–Kier alpha value is -2.37. The first-order valence-corrected chi connectivity index (χ1v) is 9.56. The van der Waals surface area contributed by atoms with E-state index in [0.717, 1.165) is 29.7 Å². The molecule has 6 heteroatoms. The summed E-state index contributed by atoms with van der Waals surface area (Å²) in [5, 5.41) is 0. The standard InChI is InChI=1S/C20H26N4O2/c1-13(2)11-18(25)23-9-10-24(20(26)14-7-8-14)17(12-23)19-21-15-5-3-4-6-16(15)22-19/h3-6,13-14,17H,7-12H2,1-2H3,(H,21,22). The minimum Gasteiger partial charge on any atom is -0.340 e. The van der Waals surface area contributed by atoms with Crippen molar-refractivity contribution in [3.8, 4) is 0 Å². The highest BCUT2D eigenvalue weighted by molar-refractivity contribution is 5.83. The molecule has 2 aromatic rings. The van der Waals surface area contributed by atoms with E-state index in [0.29, 0.717) is 32.0 Å². The molecule has 2 amide bonds. The van der Waals surface area contributed by atoms with Crippen LogP contribution in [-0.2, 0) is 9.59 Å². The summed E-state index contributed by atoms with van der Waals surface area (Å²) in [4.78, 5) is 37.3. The molecule has 0 spiro atoms. The van der Waals surface area contributed by atoms with Crippen LogP contribution in [0.3, 0.4) is 0 Å². The minimum atomic E-state index is -0.194. The monoisotopic (exact) mass is 354 g/mol. The number of carbonyl (C=O) groups is 2. The van der Waals surface area contributed by atoms with E-state index in [9.17, 15) is 9.59 Å². The summed E-state index contributed by atoms with van der Waals surface area (Å²) >= 11 is 0. The van der Waals surface area contributed by atoms with Crippen LogP contribution in [-0.4, -0.2) is 51.2 Å². The van der Waals surface area contributed by atoms with Gasteiger partial charge in [-0.25, -0.2) is 4.98 Å². The summed E-state index contributed by atoms with van der Waals surface area (Å²) in [6, 6.07) is 7.69. The number of imidazole rings is 1. The first-order chi connectivity index (χ1) is 12.5. The van der Waals surface area contributed by atoms with Gasteiger partial charge in [-0.2, -0.15) is 0 Å². The molecule has 6 nitrogen and oxygen atoms in total. The Kier molecular flexibility index (Phi) is 4.42. The lowest BCUT2D eigenvalue weighted by Gasteiger charge is -2.41. The van der Waals surface area contributed by atoms with E-state index in [1.54, 1.807) is 0 Å². The number of aromatic amines is 1. The Bertz CT molecular complexity index is 791. The lowest BCUT2D eigenvalue weighted by atomic mass is 10.1. The van der Waals surface area contributed by atoms with Crippen LogP contribution in [0.15, 0.2) is 24.3 Å². The first-order valence-electron chi connectivity index (χ1n) is 9.56. The smallest absolute Gasteiger partial charge is 0.226 e. The van der Waals surface area contributed by atoms with Crippen molar-refractivity contribution < 1.29 is 9.59 Å². The second-order valence-electron chi connectivity index (χ2n) is 7.90.